The molecule has 27 heavy (non-hydrogen) atoms. The first-order valence-corrected chi connectivity index (χ1v) is 10.8. The fourth-order valence-electron chi connectivity index (χ4n) is 3.47. The van der Waals surface area contributed by atoms with E-state index >= 15 is 0 Å². The van der Waals surface area contributed by atoms with Gasteiger partial charge in [0.25, 0.3) is 0 Å². The van der Waals surface area contributed by atoms with Crippen LogP contribution in [0.4, 0.5) is 5.69 Å². The van der Waals surface area contributed by atoms with Gasteiger partial charge in [0.15, 0.2) is 0 Å². The zero-order valence-corrected chi connectivity index (χ0v) is 17.3. The summed E-state index contributed by atoms with van der Waals surface area (Å²) in [5, 5.41) is 6.16. The summed E-state index contributed by atoms with van der Waals surface area (Å²) in [7, 11) is -3.43. The molecule has 2 N–H and O–H groups in total. The van der Waals surface area contributed by atoms with Crippen molar-refractivity contribution >= 4 is 34.0 Å². The quantitative estimate of drug-likeness (QED) is 0.760. The van der Waals surface area contributed by atoms with Crippen LogP contribution in [0, 0.1) is 0 Å². The third-order valence-corrected chi connectivity index (χ3v) is 6.99. The van der Waals surface area contributed by atoms with Crippen molar-refractivity contribution in [2.75, 3.05) is 44.6 Å². The second-order valence-corrected chi connectivity index (χ2v) is 9.00. The molecular weight excluding hydrogens is 388 g/mol. The zero-order valence-electron chi connectivity index (χ0n) is 15.7. The lowest BCUT2D eigenvalue weighted by Crippen LogP contribution is -2.51. The van der Waals surface area contributed by atoms with E-state index in [1.54, 1.807) is 28.6 Å². The number of hydrogen-bond donors (Lipinski definition) is 2. The van der Waals surface area contributed by atoms with E-state index in [2.05, 4.69) is 22.5 Å². The van der Waals surface area contributed by atoms with E-state index in [1.165, 1.54) is 0 Å². The minimum Gasteiger partial charge on any atom is -0.325 e. The summed E-state index contributed by atoms with van der Waals surface area (Å²) in [5.74, 6) is -0.0783. The molecule has 2 aliphatic heterocycles. The monoisotopic (exact) mass is 416 g/mol. The molecule has 1 aromatic rings. The number of hydrogen-bond acceptors (Lipinski definition) is 5. The Balaban J connectivity index is 0.00000261. The van der Waals surface area contributed by atoms with Gasteiger partial charge in [-0.25, -0.2) is 8.42 Å². The molecule has 1 aromatic carbocycles. The molecule has 7 nitrogen and oxygen atoms in total. The van der Waals surface area contributed by atoms with Crippen molar-refractivity contribution < 1.29 is 13.2 Å². The Kier molecular flexibility index (Phi) is 8.05. The Labute approximate surface area is 167 Å². The van der Waals surface area contributed by atoms with Gasteiger partial charge in [0.05, 0.1) is 11.4 Å². The highest BCUT2D eigenvalue weighted by Gasteiger charge is 2.26. The summed E-state index contributed by atoms with van der Waals surface area (Å²) in [6.45, 7) is 6.24. The average Bonchev–Trinajstić information content (AvgIpc) is 2.65. The van der Waals surface area contributed by atoms with Gasteiger partial charge in [0.2, 0.25) is 15.9 Å². The van der Waals surface area contributed by atoms with E-state index in [0.29, 0.717) is 31.4 Å². The van der Waals surface area contributed by atoms with Crippen molar-refractivity contribution in [3.8, 4) is 0 Å². The minimum atomic E-state index is -3.43. The maximum Gasteiger partial charge on any atom is 0.243 e. The van der Waals surface area contributed by atoms with Crippen LogP contribution in [0.5, 0.6) is 0 Å². The van der Waals surface area contributed by atoms with E-state index in [-0.39, 0.29) is 23.2 Å². The molecule has 1 amide bonds. The molecule has 0 unspecified atom stereocenters. The molecule has 152 valence electrons. The molecule has 0 spiro atoms. The second kappa shape index (κ2) is 9.84. The number of carbonyl (C=O) groups is 1. The molecule has 0 aliphatic carbocycles. The number of piperazine rings is 1. The van der Waals surface area contributed by atoms with Crippen molar-refractivity contribution in [3.63, 3.8) is 0 Å². The minimum absolute atomic E-state index is 0. The highest BCUT2D eigenvalue weighted by atomic mass is 35.5. The molecule has 0 saturated carbocycles. The standard InChI is InChI=1S/C18H28N4O3S.ClH/c1-15-13-19-9-12-21(15)14-18(23)20-16-5-7-17(8-6-16)26(24,25)22-10-3-2-4-11-22;/h5-8,15,19H,2-4,9-14H2,1H3,(H,20,23);1H/t15-;/m0./s1. The van der Waals surface area contributed by atoms with Crippen LogP contribution in [0.2, 0.25) is 0 Å². The SMILES string of the molecule is C[C@H]1CNCCN1CC(=O)Nc1ccc(S(=O)(=O)N2CCCCC2)cc1.Cl. The molecule has 2 aliphatic rings. The summed E-state index contributed by atoms with van der Waals surface area (Å²) >= 11 is 0. The van der Waals surface area contributed by atoms with Crippen LogP contribution in [-0.2, 0) is 14.8 Å². The number of benzene rings is 1. The van der Waals surface area contributed by atoms with Gasteiger partial charge in [0, 0.05) is 44.5 Å². The Hall–Kier alpha value is -1.19. The number of nitrogens with one attached hydrogen (secondary N) is 2. The van der Waals surface area contributed by atoms with Gasteiger partial charge < -0.3 is 10.6 Å². The molecule has 1 atom stereocenters. The smallest absolute Gasteiger partial charge is 0.243 e. The van der Waals surface area contributed by atoms with Crippen LogP contribution in [0.3, 0.4) is 0 Å². The zero-order chi connectivity index (χ0) is 18.6. The molecule has 3 rings (SSSR count). The van der Waals surface area contributed by atoms with Gasteiger partial charge in [-0.05, 0) is 44.0 Å². The fraction of sp³-hybridized carbons (Fsp3) is 0.611. The molecule has 2 saturated heterocycles. The fourth-order valence-corrected chi connectivity index (χ4v) is 4.98. The van der Waals surface area contributed by atoms with Crippen LogP contribution in [0.1, 0.15) is 26.2 Å². The number of rotatable bonds is 5. The van der Waals surface area contributed by atoms with Crippen molar-refractivity contribution in [3.05, 3.63) is 24.3 Å². The maximum atomic E-state index is 12.6. The number of nitrogens with zero attached hydrogens (tertiary/aromatic N) is 2. The maximum absolute atomic E-state index is 12.6. The van der Waals surface area contributed by atoms with Crippen LogP contribution in [0.25, 0.3) is 0 Å². The van der Waals surface area contributed by atoms with E-state index in [0.717, 1.165) is 38.9 Å². The van der Waals surface area contributed by atoms with Gasteiger partial charge >= 0.3 is 0 Å². The van der Waals surface area contributed by atoms with Crippen LogP contribution in [0.15, 0.2) is 29.2 Å². The number of sulfonamides is 1. The average molecular weight is 417 g/mol. The number of halogens is 1. The van der Waals surface area contributed by atoms with Crippen molar-refractivity contribution in [2.45, 2.75) is 37.1 Å². The van der Waals surface area contributed by atoms with Crippen molar-refractivity contribution in [2.24, 2.45) is 0 Å². The number of carbonyl (C=O) groups excluding carboxylic acids is 1. The molecule has 2 fully saturated rings. The summed E-state index contributed by atoms with van der Waals surface area (Å²) in [4.78, 5) is 14.7. The molecule has 0 aromatic heterocycles. The summed E-state index contributed by atoms with van der Waals surface area (Å²) < 4.78 is 26.8. The third kappa shape index (κ3) is 5.65. The molecular formula is C18H29ClN4O3S. The van der Waals surface area contributed by atoms with Gasteiger partial charge in [-0.1, -0.05) is 6.42 Å². The first-order valence-electron chi connectivity index (χ1n) is 9.31. The van der Waals surface area contributed by atoms with E-state index in [1.807, 2.05) is 0 Å². The Morgan fingerprint density at radius 1 is 1.15 bits per heavy atom. The van der Waals surface area contributed by atoms with Gasteiger partial charge in [-0.3, -0.25) is 9.69 Å². The Morgan fingerprint density at radius 2 is 1.81 bits per heavy atom. The van der Waals surface area contributed by atoms with E-state index in [9.17, 15) is 13.2 Å². The van der Waals surface area contributed by atoms with E-state index < -0.39 is 10.0 Å². The first kappa shape index (κ1) is 22.1. The predicted molar refractivity (Wildman–Crippen MR) is 109 cm³/mol. The summed E-state index contributed by atoms with van der Waals surface area (Å²) in [6.07, 6.45) is 2.91. The van der Waals surface area contributed by atoms with Gasteiger partial charge in [-0.15, -0.1) is 12.4 Å². The molecule has 0 bridgehead atoms. The lowest BCUT2D eigenvalue weighted by Gasteiger charge is -2.33. The van der Waals surface area contributed by atoms with Gasteiger partial charge in [0.1, 0.15) is 0 Å². The summed E-state index contributed by atoms with van der Waals surface area (Å²) in [5.41, 5.74) is 0.621. The topological polar surface area (TPSA) is 81.8 Å². The normalized spacial score (nSPS) is 22.0. The molecule has 0 radical (unpaired) electrons. The summed E-state index contributed by atoms with van der Waals surface area (Å²) in [6, 6.07) is 6.80. The van der Waals surface area contributed by atoms with E-state index in [4.69, 9.17) is 0 Å². The lowest BCUT2D eigenvalue weighted by molar-refractivity contribution is -0.118. The molecule has 9 heteroatoms. The number of anilines is 1. The largest absolute Gasteiger partial charge is 0.325 e. The Bertz CT molecular complexity index is 721. The Morgan fingerprint density at radius 3 is 2.44 bits per heavy atom. The highest BCUT2D eigenvalue weighted by Crippen LogP contribution is 2.22. The third-order valence-electron chi connectivity index (χ3n) is 5.08. The molecule has 2 heterocycles. The van der Waals surface area contributed by atoms with Gasteiger partial charge in [-0.2, -0.15) is 4.31 Å². The highest BCUT2D eigenvalue weighted by molar-refractivity contribution is 7.89. The lowest BCUT2D eigenvalue weighted by atomic mass is 10.2. The predicted octanol–water partition coefficient (Wildman–Crippen LogP) is 1.52. The van der Waals surface area contributed by atoms with Crippen LogP contribution in [-0.4, -0.2) is 68.8 Å². The van der Waals surface area contributed by atoms with Crippen LogP contribution < -0.4 is 10.6 Å². The second-order valence-electron chi connectivity index (χ2n) is 7.06. The van der Waals surface area contributed by atoms with Crippen LogP contribution >= 0.6 is 12.4 Å². The number of amides is 1. The van der Waals surface area contributed by atoms with Crippen molar-refractivity contribution in [1.29, 1.82) is 0 Å². The first-order chi connectivity index (χ1) is 12.5. The number of piperidine rings is 1. The van der Waals surface area contributed by atoms with Crippen molar-refractivity contribution in [1.82, 2.24) is 14.5 Å².